The summed E-state index contributed by atoms with van der Waals surface area (Å²) in [5.74, 6) is 0.937. The molecule has 0 unspecified atom stereocenters. The normalized spacial score (nSPS) is 21.5. The largest absolute Gasteiger partial charge is 0.350 e. The maximum Gasteiger partial charge on any atom is 0.251 e. The number of hydrogen-bond acceptors (Lipinski definition) is 12. The maximum atomic E-state index is 13.9. The highest BCUT2D eigenvalue weighted by Crippen LogP contribution is 2.30. The van der Waals surface area contributed by atoms with E-state index >= 15 is 0 Å². The molecule has 6 N–H and O–H groups in total. The van der Waals surface area contributed by atoms with Crippen LogP contribution < -0.4 is 31.9 Å². The van der Waals surface area contributed by atoms with E-state index in [2.05, 4.69) is 145 Å². The summed E-state index contributed by atoms with van der Waals surface area (Å²) in [6.07, 6.45) is 18.2. The Hall–Kier alpha value is -7.17. The molecule has 6 aliphatic rings. The summed E-state index contributed by atoms with van der Waals surface area (Å²) in [5, 5.41) is 24.3. The molecule has 23 heteroatoms. The SMILES string of the molecule is CC[C@H](CN1CC[C@@H](CNC(=O)c2ccc(Cl)c(Cl)c2)N[C@@H](CN2CCCCC2)C1=O)c1ccccc1.CC[C@H](CN1CC[C@@H](CNC(=O)c2ccc(Cl)c(Cl)c2)N[C@@H](CN2CCCCC2)C1=O)c1ccccc1.CC[C@H](CN1CC[C@@H](CNC(=O)c2ccc3cc(Cl)ccc3c2)N[C@@H](CCCN2CCCCC2)C1=O)c1ccccc1. The van der Waals surface area contributed by atoms with Crippen molar-refractivity contribution < 1.29 is 28.8 Å². The number of nitrogens with one attached hydrogen (secondary N) is 6. The topological polar surface area (TPSA) is 194 Å². The molecule has 0 aromatic heterocycles. The quantitative estimate of drug-likeness (QED) is 0.0260. The minimum atomic E-state index is -0.291. The minimum absolute atomic E-state index is 0.00716. The number of benzene rings is 7. The van der Waals surface area contributed by atoms with Crippen LogP contribution in [-0.2, 0) is 14.4 Å². The molecule has 7 aromatic rings. The zero-order chi connectivity index (χ0) is 81.7. The van der Waals surface area contributed by atoms with Crippen molar-refractivity contribution in [2.45, 2.75) is 184 Å². The summed E-state index contributed by atoms with van der Waals surface area (Å²) in [6, 6.07) is 51.8. The summed E-state index contributed by atoms with van der Waals surface area (Å²) in [4.78, 5) is 93.7. The maximum absolute atomic E-state index is 13.9. The highest BCUT2D eigenvalue weighted by Gasteiger charge is 2.37. The van der Waals surface area contributed by atoms with Crippen LogP contribution in [0.5, 0.6) is 0 Å². The first-order chi connectivity index (χ1) is 56.4. The number of rotatable bonds is 29. The van der Waals surface area contributed by atoms with Gasteiger partial charge in [0.25, 0.3) is 17.7 Å². The third kappa shape index (κ3) is 26.9. The highest BCUT2D eigenvalue weighted by molar-refractivity contribution is 6.42. The molecule has 9 atom stereocenters. The van der Waals surface area contributed by atoms with Crippen LogP contribution in [0.1, 0.15) is 195 Å². The fourth-order valence-electron chi connectivity index (χ4n) is 17.2. The van der Waals surface area contributed by atoms with Gasteiger partial charge in [-0.3, -0.25) is 28.8 Å². The van der Waals surface area contributed by atoms with Crippen molar-refractivity contribution >= 4 is 104 Å². The average molecular weight is 1680 g/mol. The standard InChI is InChI=1S/C35H45ClN4O2.2C29H38Cl2N4O2/c1-2-26(27-10-5-3-6-11-27)25-40-21-17-32(38-33(35(40)42)12-9-20-39-18-7-4-8-19-39)24-37-34(41)30-14-13-29-23-31(36)16-15-28(29)22-30;2*1-2-21(22-9-5-3-6-10-22)19-35-16-13-24(18-32-28(36)23-11-12-25(30)26(31)17-23)33-27(29(35)37)20-34-14-7-4-8-15-34/h3,5-6,10-11,13-16,22-23,26,32-33,38H,2,4,7-9,12,17-21,24-25H2,1H3,(H,37,41);2*3,5-6,9-12,17,21,24,27,33H,2,4,7-8,13-16,18-20H2,1H3,(H,32,36)/t26-,32+,33+;2*21-,24+,27+/m111/s1. The molecule has 0 aliphatic carbocycles. The van der Waals surface area contributed by atoms with Crippen molar-refractivity contribution in [3.05, 3.63) is 222 Å². The number of carbonyl (C=O) groups is 6. The molecular weight excluding hydrogens is 1560 g/mol. The predicted molar refractivity (Wildman–Crippen MR) is 473 cm³/mol. The third-order valence-corrected chi connectivity index (χ3v) is 25.9. The van der Waals surface area contributed by atoms with Gasteiger partial charge in [0, 0.05) is 130 Å². The van der Waals surface area contributed by atoms with Gasteiger partial charge in [-0.15, -0.1) is 0 Å². The monoisotopic (exact) mass is 1680 g/mol. The second kappa shape index (κ2) is 46.4. The van der Waals surface area contributed by atoms with E-state index in [0.717, 1.165) is 101 Å². The number of carbonyl (C=O) groups excluding carboxylic acids is 6. The van der Waals surface area contributed by atoms with E-state index in [0.29, 0.717) is 125 Å². The van der Waals surface area contributed by atoms with Crippen molar-refractivity contribution in [1.82, 2.24) is 61.3 Å². The predicted octanol–water partition coefficient (Wildman–Crippen LogP) is 16.2. The number of likely N-dealkylation sites (tertiary alicyclic amines) is 3. The molecule has 6 amide bonds. The lowest BCUT2D eigenvalue weighted by Crippen LogP contribution is -2.54. The van der Waals surface area contributed by atoms with Crippen LogP contribution >= 0.6 is 58.0 Å². The Kier molecular flexibility index (Phi) is 35.9. The van der Waals surface area contributed by atoms with Crippen molar-refractivity contribution in [2.75, 3.05) is 118 Å². The number of hydrogen-bond donors (Lipinski definition) is 6. The van der Waals surface area contributed by atoms with Crippen LogP contribution in [0.25, 0.3) is 10.8 Å². The lowest BCUT2D eigenvalue weighted by Gasteiger charge is -2.33. The van der Waals surface area contributed by atoms with Crippen LogP contribution in [0.3, 0.4) is 0 Å². The second-order valence-electron chi connectivity index (χ2n) is 32.4. The fourth-order valence-corrected chi connectivity index (χ4v) is 18.0. The smallest absolute Gasteiger partial charge is 0.251 e. The molecule has 18 nitrogen and oxygen atoms in total. The van der Waals surface area contributed by atoms with Crippen LogP contribution in [0, 0.1) is 0 Å². The van der Waals surface area contributed by atoms with E-state index in [1.807, 2.05) is 64.4 Å². The summed E-state index contributed by atoms with van der Waals surface area (Å²) >= 11 is 30.3. The van der Waals surface area contributed by atoms with Gasteiger partial charge >= 0.3 is 0 Å². The van der Waals surface area contributed by atoms with Crippen LogP contribution in [0.15, 0.2) is 164 Å². The molecule has 13 rings (SSSR count). The van der Waals surface area contributed by atoms with Crippen LogP contribution in [0.4, 0.5) is 0 Å². The van der Waals surface area contributed by atoms with Gasteiger partial charge in [-0.2, -0.15) is 0 Å². The van der Waals surface area contributed by atoms with Gasteiger partial charge in [0.15, 0.2) is 0 Å². The number of amides is 6. The highest BCUT2D eigenvalue weighted by atomic mass is 35.5. The minimum Gasteiger partial charge on any atom is -0.350 e. The Morgan fingerprint density at radius 2 is 0.716 bits per heavy atom. The van der Waals surface area contributed by atoms with Crippen molar-refractivity contribution in [3.63, 3.8) is 0 Å². The molecule has 624 valence electrons. The van der Waals surface area contributed by atoms with E-state index in [9.17, 15) is 28.8 Å². The van der Waals surface area contributed by atoms with E-state index in [1.165, 1.54) is 87.6 Å². The molecule has 0 spiro atoms. The lowest BCUT2D eigenvalue weighted by atomic mass is 9.95. The summed E-state index contributed by atoms with van der Waals surface area (Å²) in [6.45, 7) is 21.0. The first-order valence-electron chi connectivity index (χ1n) is 42.8. The van der Waals surface area contributed by atoms with Crippen LogP contribution in [0.2, 0.25) is 25.1 Å². The Morgan fingerprint density at radius 3 is 1.09 bits per heavy atom. The van der Waals surface area contributed by atoms with Crippen molar-refractivity contribution in [1.29, 1.82) is 0 Å². The van der Waals surface area contributed by atoms with E-state index < -0.39 is 0 Å². The zero-order valence-corrected chi connectivity index (χ0v) is 71.8. The Morgan fingerprint density at radius 1 is 0.379 bits per heavy atom. The van der Waals surface area contributed by atoms with Gasteiger partial charge in [0.2, 0.25) is 17.7 Å². The molecule has 0 radical (unpaired) electrons. The van der Waals surface area contributed by atoms with E-state index in [-0.39, 0.29) is 71.7 Å². The number of halogens is 5. The van der Waals surface area contributed by atoms with Crippen LogP contribution in [-0.4, -0.2) is 219 Å². The third-order valence-electron chi connectivity index (χ3n) is 24.1. The second-order valence-corrected chi connectivity index (χ2v) is 34.4. The van der Waals surface area contributed by atoms with Gasteiger partial charge in [0.1, 0.15) is 0 Å². The zero-order valence-electron chi connectivity index (χ0n) is 68.1. The Labute approximate surface area is 713 Å². The van der Waals surface area contributed by atoms with Gasteiger partial charge in [-0.25, -0.2) is 0 Å². The van der Waals surface area contributed by atoms with Crippen molar-refractivity contribution in [2.24, 2.45) is 0 Å². The lowest BCUT2D eigenvalue weighted by molar-refractivity contribution is -0.134. The van der Waals surface area contributed by atoms with E-state index in [4.69, 9.17) is 58.0 Å². The molecular formula is C93H121Cl5N12O6. The molecule has 0 saturated carbocycles. The molecule has 116 heavy (non-hydrogen) atoms. The Balaban J connectivity index is 0.000000172. The molecule has 0 bridgehead atoms. The van der Waals surface area contributed by atoms with Crippen molar-refractivity contribution in [3.8, 4) is 0 Å². The molecule has 6 heterocycles. The summed E-state index contributed by atoms with van der Waals surface area (Å²) in [7, 11) is 0. The molecule has 7 aromatic carbocycles. The molecule has 6 aliphatic heterocycles. The number of fused-ring (bicyclic) bond motifs is 1. The van der Waals surface area contributed by atoms with Gasteiger partial charge in [0.05, 0.1) is 38.2 Å². The number of nitrogens with zero attached hydrogens (tertiary/aromatic N) is 6. The fraction of sp³-hybridized carbons (Fsp3) is 0.505. The Bertz CT molecular complexity index is 4100. The molecule has 6 fully saturated rings. The summed E-state index contributed by atoms with van der Waals surface area (Å²) in [5.41, 5.74) is 5.40. The first kappa shape index (κ1) is 89.6. The number of piperidine rings is 3. The average Bonchev–Trinajstić information content (AvgIpc) is 1.77. The molecule has 6 saturated heterocycles. The van der Waals surface area contributed by atoms with Gasteiger partial charge < -0.3 is 61.3 Å². The summed E-state index contributed by atoms with van der Waals surface area (Å²) < 4.78 is 0. The van der Waals surface area contributed by atoms with E-state index in [1.54, 1.807) is 36.4 Å². The van der Waals surface area contributed by atoms with Gasteiger partial charge in [-0.1, -0.05) is 201 Å². The van der Waals surface area contributed by atoms with Gasteiger partial charge in [-0.05, 0) is 224 Å². The first-order valence-corrected chi connectivity index (χ1v) is 44.7.